The van der Waals surface area contributed by atoms with Crippen LogP contribution in [0.1, 0.15) is 0 Å². The minimum Gasteiger partial charge on any atom is -0.508 e. The molecule has 0 saturated carbocycles. The number of nitrogens with zero attached hydrogens (tertiary/aromatic N) is 2. The molecule has 0 aliphatic carbocycles. The Morgan fingerprint density at radius 1 is 0.941 bits per heavy atom. The number of hydrogen-bond donors (Lipinski definition) is 1. The van der Waals surface area contributed by atoms with Gasteiger partial charge in [0.05, 0.1) is 18.5 Å². The number of benzene rings is 2. The van der Waals surface area contributed by atoms with Crippen molar-refractivity contribution < 1.29 is 9.84 Å². The summed E-state index contributed by atoms with van der Waals surface area (Å²) in [5.74, 6) is 0.907. The second-order valence-corrected chi connectivity index (χ2v) is 3.42. The summed E-state index contributed by atoms with van der Waals surface area (Å²) in [6.07, 6.45) is 0. The van der Waals surface area contributed by atoms with Gasteiger partial charge in [-0.3, -0.25) is 0 Å². The molecule has 0 bridgehead atoms. The summed E-state index contributed by atoms with van der Waals surface area (Å²) in [7, 11) is 1.60. The summed E-state index contributed by atoms with van der Waals surface area (Å²) in [6.45, 7) is 0. The molecule has 0 aliphatic rings. The largest absolute Gasteiger partial charge is 0.508 e. The summed E-state index contributed by atoms with van der Waals surface area (Å²) in [5.41, 5.74) is 1.31. The summed E-state index contributed by atoms with van der Waals surface area (Å²) in [6, 6.07) is 13.9. The lowest BCUT2D eigenvalue weighted by Gasteiger charge is -1.99. The van der Waals surface area contributed by atoms with Gasteiger partial charge in [0, 0.05) is 12.1 Å². The highest BCUT2D eigenvalue weighted by Crippen LogP contribution is 2.24. The van der Waals surface area contributed by atoms with Gasteiger partial charge in [0.15, 0.2) is 0 Å². The van der Waals surface area contributed by atoms with Gasteiger partial charge in [0.2, 0.25) is 0 Å². The number of phenols is 1. The van der Waals surface area contributed by atoms with Gasteiger partial charge in [0.1, 0.15) is 11.5 Å². The molecule has 0 aliphatic heterocycles. The van der Waals surface area contributed by atoms with E-state index < -0.39 is 0 Å². The number of phenolic OH excluding ortho intramolecular Hbond substituents is 1. The Kier molecular flexibility index (Phi) is 3.35. The van der Waals surface area contributed by atoms with E-state index >= 15 is 0 Å². The highest BCUT2D eigenvalue weighted by molar-refractivity contribution is 5.45. The number of azo groups is 1. The number of rotatable bonds is 3. The molecule has 0 amide bonds. The van der Waals surface area contributed by atoms with Crippen LogP contribution < -0.4 is 4.74 Å². The first-order valence-electron chi connectivity index (χ1n) is 5.13. The average molecular weight is 228 g/mol. The zero-order valence-corrected chi connectivity index (χ0v) is 9.37. The monoisotopic (exact) mass is 228 g/mol. The molecule has 0 aromatic heterocycles. The smallest absolute Gasteiger partial charge is 0.121 e. The molecule has 0 radical (unpaired) electrons. The zero-order valence-electron chi connectivity index (χ0n) is 9.37. The molecule has 0 atom stereocenters. The molecule has 86 valence electrons. The van der Waals surface area contributed by atoms with E-state index in [2.05, 4.69) is 10.2 Å². The van der Waals surface area contributed by atoms with Gasteiger partial charge >= 0.3 is 0 Å². The molecule has 0 unspecified atom stereocenters. The normalized spacial score (nSPS) is 10.6. The second-order valence-electron chi connectivity index (χ2n) is 3.42. The molecule has 2 aromatic carbocycles. The average Bonchev–Trinajstić information content (AvgIpc) is 2.37. The van der Waals surface area contributed by atoms with E-state index in [9.17, 15) is 5.11 Å². The highest BCUT2D eigenvalue weighted by atomic mass is 16.5. The SMILES string of the molecule is COc1cccc(N=Nc2cccc(O)c2)c1. The van der Waals surface area contributed by atoms with Gasteiger partial charge in [-0.05, 0) is 24.3 Å². The first-order chi connectivity index (χ1) is 8.28. The molecule has 2 aromatic rings. The molecule has 0 saturated heterocycles. The third kappa shape index (κ3) is 3.04. The Labute approximate surface area is 99.2 Å². The fourth-order valence-electron chi connectivity index (χ4n) is 1.34. The Bertz CT molecular complexity index is 538. The first-order valence-corrected chi connectivity index (χ1v) is 5.13. The van der Waals surface area contributed by atoms with Crippen LogP contribution in [0.5, 0.6) is 11.5 Å². The second kappa shape index (κ2) is 5.12. The van der Waals surface area contributed by atoms with Crippen molar-refractivity contribution >= 4 is 11.4 Å². The quantitative estimate of drug-likeness (QED) is 0.812. The minimum atomic E-state index is 0.173. The van der Waals surface area contributed by atoms with Crippen LogP contribution in [-0.2, 0) is 0 Å². The van der Waals surface area contributed by atoms with Gasteiger partial charge in [-0.25, -0.2) is 0 Å². The fraction of sp³-hybridized carbons (Fsp3) is 0.0769. The van der Waals surface area contributed by atoms with Crippen molar-refractivity contribution in [3.63, 3.8) is 0 Å². The van der Waals surface area contributed by atoms with Gasteiger partial charge in [-0.2, -0.15) is 10.2 Å². The van der Waals surface area contributed by atoms with Crippen LogP contribution in [0.2, 0.25) is 0 Å². The minimum absolute atomic E-state index is 0.173. The van der Waals surface area contributed by atoms with Gasteiger partial charge < -0.3 is 9.84 Å². The predicted molar refractivity (Wildman–Crippen MR) is 65.3 cm³/mol. The molecule has 2 rings (SSSR count). The zero-order chi connectivity index (χ0) is 12.1. The Balaban J connectivity index is 2.19. The molecule has 4 heteroatoms. The van der Waals surface area contributed by atoms with Gasteiger partial charge in [-0.1, -0.05) is 12.1 Å². The molecule has 4 nitrogen and oxygen atoms in total. The van der Waals surface area contributed by atoms with Crippen molar-refractivity contribution in [3.8, 4) is 11.5 Å². The fourth-order valence-corrected chi connectivity index (χ4v) is 1.34. The van der Waals surface area contributed by atoms with E-state index in [1.54, 1.807) is 37.4 Å². The molecular weight excluding hydrogens is 216 g/mol. The van der Waals surface area contributed by atoms with Crippen LogP contribution in [0.15, 0.2) is 58.8 Å². The van der Waals surface area contributed by atoms with Crippen LogP contribution >= 0.6 is 0 Å². The topological polar surface area (TPSA) is 54.2 Å². The number of hydrogen-bond acceptors (Lipinski definition) is 4. The number of methoxy groups -OCH3 is 1. The van der Waals surface area contributed by atoms with Crippen molar-refractivity contribution in [2.24, 2.45) is 10.2 Å². The van der Waals surface area contributed by atoms with Crippen molar-refractivity contribution in [1.82, 2.24) is 0 Å². The van der Waals surface area contributed by atoms with Gasteiger partial charge in [0.25, 0.3) is 0 Å². The molecular formula is C13H12N2O2. The lowest BCUT2D eigenvalue weighted by Crippen LogP contribution is -1.79. The summed E-state index contributed by atoms with van der Waals surface area (Å²) in [4.78, 5) is 0. The first kappa shape index (κ1) is 11.1. The van der Waals surface area contributed by atoms with Crippen LogP contribution in [0.3, 0.4) is 0 Å². The number of aromatic hydroxyl groups is 1. The lowest BCUT2D eigenvalue weighted by molar-refractivity contribution is 0.415. The van der Waals surface area contributed by atoms with E-state index in [0.29, 0.717) is 11.4 Å². The maximum absolute atomic E-state index is 9.27. The van der Waals surface area contributed by atoms with Crippen molar-refractivity contribution in [2.45, 2.75) is 0 Å². The molecule has 1 N–H and O–H groups in total. The molecule has 0 fully saturated rings. The van der Waals surface area contributed by atoms with Gasteiger partial charge in [-0.15, -0.1) is 0 Å². The molecule has 0 spiro atoms. The Hall–Kier alpha value is -2.36. The third-order valence-electron chi connectivity index (χ3n) is 2.16. The molecule has 17 heavy (non-hydrogen) atoms. The van der Waals surface area contributed by atoms with Crippen LogP contribution in [-0.4, -0.2) is 12.2 Å². The van der Waals surface area contributed by atoms with Crippen LogP contribution in [0.25, 0.3) is 0 Å². The maximum Gasteiger partial charge on any atom is 0.121 e. The molecule has 0 heterocycles. The van der Waals surface area contributed by atoms with E-state index in [1.807, 2.05) is 18.2 Å². The predicted octanol–water partition coefficient (Wildman–Crippen LogP) is 3.82. The van der Waals surface area contributed by atoms with Crippen LogP contribution in [0.4, 0.5) is 11.4 Å². The third-order valence-corrected chi connectivity index (χ3v) is 2.16. The highest BCUT2D eigenvalue weighted by Gasteiger charge is 1.94. The van der Waals surface area contributed by atoms with E-state index in [4.69, 9.17) is 4.74 Å². The van der Waals surface area contributed by atoms with E-state index in [-0.39, 0.29) is 5.75 Å². The summed E-state index contributed by atoms with van der Waals surface area (Å²) >= 11 is 0. The Morgan fingerprint density at radius 3 is 2.24 bits per heavy atom. The lowest BCUT2D eigenvalue weighted by atomic mass is 10.3. The van der Waals surface area contributed by atoms with E-state index in [1.165, 1.54) is 0 Å². The Morgan fingerprint density at radius 2 is 1.59 bits per heavy atom. The van der Waals surface area contributed by atoms with Crippen molar-refractivity contribution in [2.75, 3.05) is 7.11 Å². The van der Waals surface area contributed by atoms with Crippen molar-refractivity contribution in [1.29, 1.82) is 0 Å². The standard InChI is InChI=1S/C13H12N2O2/c1-17-13-7-3-5-11(9-13)15-14-10-4-2-6-12(16)8-10/h2-9,16H,1H3. The maximum atomic E-state index is 9.27. The van der Waals surface area contributed by atoms with Crippen molar-refractivity contribution in [3.05, 3.63) is 48.5 Å². The summed E-state index contributed by atoms with van der Waals surface area (Å²) < 4.78 is 5.08. The summed E-state index contributed by atoms with van der Waals surface area (Å²) in [5, 5.41) is 17.4. The van der Waals surface area contributed by atoms with E-state index in [0.717, 1.165) is 5.75 Å². The number of ether oxygens (including phenoxy) is 1. The van der Waals surface area contributed by atoms with Crippen LogP contribution in [0, 0.1) is 0 Å².